The molecule has 3 heteroatoms. The first kappa shape index (κ1) is 9.71. The van der Waals surface area contributed by atoms with Crippen molar-refractivity contribution in [1.82, 2.24) is 9.78 Å². The SMILES string of the molecule is Cn1ccc(C(N)C2(C)CCCC2)n1. The Bertz CT molecular complexity index is 310. The van der Waals surface area contributed by atoms with Crippen molar-refractivity contribution in [3.05, 3.63) is 18.0 Å². The highest BCUT2D eigenvalue weighted by Crippen LogP contribution is 2.45. The van der Waals surface area contributed by atoms with Crippen LogP contribution in [0.15, 0.2) is 12.3 Å². The molecule has 3 nitrogen and oxygen atoms in total. The van der Waals surface area contributed by atoms with Crippen molar-refractivity contribution < 1.29 is 0 Å². The van der Waals surface area contributed by atoms with Crippen LogP contribution in [-0.4, -0.2) is 9.78 Å². The first-order valence-corrected chi connectivity index (χ1v) is 5.37. The zero-order valence-corrected chi connectivity index (χ0v) is 9.03. The smallest absolute Gasteiger partial charge is 0.0797 e. The van der Waals surface area contributed by atoms with E-state index in [1.54, 1.807) is 0 Å². The maximum atomic E-state index is 6.27. The van der Waals surface area contributed by atoms with Crippen LogP contribution in [0.2, 0.25) is 0 Å². The van der Waals surface area contributed by atoms with E-state index in [0.29, 0.717) is 0 Å². The zero-order valence-electron chi connectivity index (χ0n) is 9.03. The molecule has 0 spiro atoms. The van der Waals surface area contributed by atoms with Crippen LogP contribution in [0.4, 0.5) is 0 Å². The molecule has 1 heterocycles. The van der Waals surface area contributed by atoms with E-state index >= 15 is 0 Å². The lowest BCUT2D eigenvalue weighted by atomic mass is 9.80. The predicted molar refractivity (Wildman–Crippen MR) is 56.7 cm³/mol. The van der Waals surface area contributed by atoms with E-state index in [1.165, 1.54) is 25.7 Å². The Labute approximate surface area is 85.3 Å². The molecule has 0 amide bonds. The van der Waals surface area contributed by atoms with Gasteiger partial charge in [-0.2, -0.15) is 5.10 Å². The third kappa shape index (κ3) is 1.57. The van der Waals surface area contributed by atoms with Gasteiger partial charge in [-0.15, -0.1) is 0 Å². The molecule has 14 heavy (non-hydrogen) atoms. The van der Waals surface area contributed by atoms with E-state index in [4.69, 9.17) is 5.73 Å². The summed E-state index contributed by atoms with van der Waals surface area (Å²) in [5, 5.41) is 4.39. The zero-order chi connectivity index (χ0) is 10.2. The van der Waals surface area contributed by atoms with Gasteiger partial charge in [0.25, 0.3) is 0 Å². The molecule has 2 N–H and O–H groups in total. The van der Waals surface area contributed by atoms with Gasteiger partial charge in [-0.1, -0.05) is 19.8 Å². The number of nitrogens with two attached hydrogens (primary N) is 1. The van der Waals surface area contributed by atoms with Crippen molar-refractivity contribution in [3.8, 4) is 0 Å². The molecule has 1 saturated carbocycles. The molecule has 0 saturated heterocycles. The summed E-state index contributed by atoms with van der Waals surface area (Å²) < 4.78 is 1.83. The molecular weight excluding hydrogens is 174 g/mol. The number of hydrogen-bond donors (Lipinski definition) is 1. The van der Waals surface area contributed by atoms with Crippen molar-refractivity contribution >= 4 is 0 Å². The lowest BCUT2D eigenvalue weighted by Gasteiger charge is -2.29. The van der Waals surface area contributed by atoms with Crippen molar-refractivity contribution in [2.24, 2.45) is 18.2 Å². The summed E-state index contributed by atoms with van der Waals surface area (Å²) in [6.07, 6.45) is 7.08. The highest BCUT2D eigenvalue weighted by atomic mass is 15.3. The average molecular weight is 193 g/mol. The molecule has 2 rings (SSSR count). The number of aryl methyl sites for hydroxylation is 1. The van der Waals surface area contributed by atoms with Crippen molar-refractivity contribution in [1.29, 1.82) is 0 Å². The summed E-state index contributed by atoms with van der Waals surface area (Å²) >= 11 is 0. The Hall–Kier alpha value is -0.830. The molecule has 1 aliphatic rings. The molecule has 78 valence electrons. The summed E-state index contributed by atoms with van der Waals surface area (Å²) in [6, 6.07) is 2.14. The largest absolute Gasteiger partial charge is 0.322 e. The minimum absolute atomic E-state index is 0.103. The first-order valence-electron chi connectivity index (χ1n) is 5.37. The average Bonchev–Trinajstić information content (AvgIpc) is 2.74. The molecule has 0 aliphatic heterocycles. The Kier molecular flexibility index (Phi) is 2.35. The van der Waals surface area contributed by atoms with Crippen LogP contribution in [-0.2, 0) is 7.05 Å². The fraction of sp³-hybridized carbons (Fsp3) is 0.727. The molecular formula is C11H19N3. The van der Waals surface area contributed by atoms with Gasteiger partial charge in [0.2, 0.25) is 0 Å². The number of aromatic nitrogens is 2. The molecule has 0 radical (unpaired) electrons. The monoisotopic (exact) mass is 193 g/mol. The molecule has 0 aromatic carbocycles. The van der Waals surface area contributed by atoms with Crippen LogP contribution in [0.25, 0.3) is 0 Å². The fourth-order valence-corrected chi connectivity index (χ4v) is 2.45. The van der Waals surface area contributed by atoms with Crippen LogP contribution in [0, 0.1) is 5.41 Å². The highest BCUT2D eigenvalue weighted by Gasteiger charge is 2.36. The van der Waals surface area contributed by atoms with Crippen LogP contribution >= 0.6 is 0 Å². The van der Waals surface area contributed by atoms with E-state index in [2.05, 4.69) is 12.0 Å². The topological polar surface area (TPSA) is 43.8 Å². The first-order chi connectivity index (χ1) is 6.62. The lowest BCUT2D eigenvalue weighted by molar-refractivity contribution is 0.260. The quantitative estimate of drug-likeness (QED) is 0.780. The Balaban J connectivity index is 2.18. The minimum Gasteiger partial charge on any atom is -0.322 e. The van der Waals surface area contributed by atoms with Crippen LogP contribution in [0.1, 0.15) is 44.3 Å². The van der Waals surface area contributed by atoms with Gasteiger partial charge in [0.15, 0.2) is 0 Å². The second kappa shape index (κ2) is 3.39. The minimum atomic E-state index is 0.103. The molecule has 1 atom stereocenters. The van der Waals surface area contributed by atoms with Gasteiger partial charge in [0.05, 0.1) is 11.7 Å². The summed E-state index contributed by atoms with van der Waals surface area (Å²) in [6.45, 7) is 2.29. The summed E-state index contributed by atoms with van der Waals surface area (Å²) in [7, 11) is 1.94. The van der Waals surface area contributed by atoms with Crippen LogP contribution in [0.3, 0.4) is 0 Å². The van der Waals surface area contributed by atoms with Gasteiger partial charge in [-0.05, 0) is 24.3 Å². The Morgan fingerprint density at radius 3 is 2.64 bits per heavy atom. The van der Waals surface area contributed by atoms with Crippen molar-refractivity contribution in [3.63, 3.8) is 0 Å². The van der Waals surface area contributed by atoms with E-state index < -0.39 is 0 Å². The van der Waals surface area contributed by atoms with Gasteiger partial charge < -0.3 is 5.73 Å². The number of hydrogen-bond acceptors (Lipinski definition) is 2. The molecule has 1 aromatic rings. The summed E-state index contributed by atoms with van der Waals surface area (Å²) in [5.41, 5.74) is 7.58. The van der Waals surface area contributed by atoms with Crippen molar-refractivity contribution in [2.45, 2.75) is 38.6 Å². The van der Waals surface area contributed by atoms with E-state index in [9.17, 15) is 0 Å². The van der Waals surface area contributed by atoms with Gasteiger partial charge in [0.1, 0.15) is 0 Å². The Morgan fingerprint density at radius 2 is 2.14 bits per heavy atom. The second-order valence-electron chi connectivity index (χ2n) is 4.75. The third-order valence-corrected chi connectivity index (χ3v) is 3.55. The number of rotatable bonds is 2. The second-order valence-corrected chi connectivity index (χ2v) is 4.75. The normalized spacial score (nSPS) is 22.5. The summed E-state index contributed by atoms with van der Waals surface area (Å²) in [5.74, 6) is 0. The standard InChI is InChI=1S/C11H19N3/c1-11(6-3-4-7-11)10(12)9-5-8-14(2)13-9/h5,8,10H,3-4,6-7,12H2,1-2H3. The summed E-state index contributed by atoms with van der Waals surface area (Å²) in [4.78, 5) is 0. The molecule has 1 aromatic heterocycles. The third-order valence-electron chi connectivity index (χ3n) is 3.55. The fourth-order valence-electron chi connectivity index (χ4n) is 2.45. The molecule has 1 aliphatic carbocycles. The molecule has 1 unspecified atom stereocenters. The maximum Gasteiger partial charge on any atom is 0.0797 e. The van der Waals surface area contributed by atoms with Crippen molar-refractivity contribution in [2.75, 3.05) is 0 Å². The number of nitrogens with zero attached hydrogens (tertiary/aromatic N) is 2. The predicted octanol–water partition coefficient (Wildman–Crippen LogP) is 2.00. The van der Waals surface area contributed by atoms with Gasteiger partial charge in [-0.3, -0.25) is 4.68 Å². The van der Waals surface area contributed by atoms with E-state index in [0.717, 1.165) is 5.69 Å². The Morgan fingerprint density at radius 1 is 1.50 bits per heavy atom. The van der Waals surface area contributed by atoms with Gasteiger partial charge in [-0.25, -0.2) is 0 Å². The van der Waals surface area contributed by atoms with E-state index in [1.807, 2.05) is 24.0 Å². The van der Waals surface area contributed by atoms with Gasteiger partial charge in [0, 0.05) is 13.2 Å². The van der Waals surface area contributed by atoms with Gasteiger partial charge >= 0.3 is 0 Å². The van der Waals surface area contributed by atoms with Crippen LogP contribution < -0.4 is 5.73 Å². The van der Waals surface area contributed by atoms with Crippen LogP contribution in [0.5, 0.6) is 0 Å². The highest BCUT2D eigenvalue weighted by molar-refractivity contribution is 5.10. The maximum absolute atomic E-state index is 6.27. The van der Waals surface area contributed by atoms with E-state index in [-0.39, 0.29) is 11.5 Å². The lowest BCUT2D eigenvalue weighted by Crippen LogP contribution is -2.29. The molecule has 0 bridgehead atoms. The molecule has 1 fully saturated rings.